The highest BCUT2D eigenvalue weighted by molar-refractivity contribution is 5.82. The van der Waals surface area contributed by atoms with Crippen LogP contribution in [0.1, 0.15) is 0 Å². The summed E-state index contributed by atoms with van der Waals surface area (Å²) in [6, 6.07) is 12.9. The number of likely N-dealkylation sites (tertiary alicyclic amines) is 1. The lowest BCUT2D eigenvalue weighted by Gasteiger charge is -2.40. The fourth-order valence-electron chi connectivity index (χ4n) is 3.86. The predicted octanol–water partition coefficient (Wildman–Crippen LogP) is 2.64. The van der Waals surface area contributed by atoms with Gasteiger partial charge in [0.15, 0.2) is 5.82 Å². The van der Waals surface area contributed by atoms with E-state index in [1.807, 2.05) is 18.2 Å². The van der Waals surface area contributed by atoms with Crippen LogP contribution in [-0.4, -0.2) is 47.8 Å². The third-order valence-electron chi connectivity index (χ3n) is 5.22. The molecule has 0 amide bonds. The molecular weight excluding hydrogens is 288 g/mol. The van der Waals surface area contributed by atoms with Gasteiger partial charge in [-0.3, -0.25) is 0 Å². The fraction of sp³-hybridized carbons (Fsp3) is 0.333. The van der Waals surface area contributed by atoms with Crippen molar-refractivity contribution < 1.29 is 4.42 Å². The molecular formula is C18H18N4O. The molecule has 2 aliphatic heterocycles. The molecule has 2 atom stereocenters. The lowest BCUT2D eigenvalue weighted by molar-refractivity contribution is 0.0827. The summed E-state index contributed by atoms with van der Waals surface area (Å²) in [5.74, 6) is 1.78. The number of hydrogen-bond donors (Lipinski definition) is 0. The second-order valence-electron chi connectivity index (χ2n) is 6.62. The van der Waals surface area contributed by atoms with E-state index in [9.17, 15) is 0 Å². The van der Waals surface area contributed by atoms with Gasteiger partial charge in [-0.25, -0.2) is 0 Å². The Hall–Kier alpha value is -2.40. The van der Waals surface area contributed by atoms with Gasteiger partial charge in [-0.05, 0) is 43.4 Å². The van der Waals surface area contributed by atoms with Crippen molar-refractivity contribution in [3.8, 4) is 11.3 Å². The molecule has 2 saturated heterocycles. The lowest BCUT2D eigenvalue weighted by Crippen LogP contribution is -2.52. The van der Waals surface area contributed by atoms with Crippen LogP contribution in [0.4, 0.5) is 5.82 Å². The molecule has 2 fully saturated rings. The Morgan fingerprint density at radius 1 is 1.04 bits per heavy atom. The molecule has 5 nitrogen and oxygen atoms in total. The van der Waals surface area contributed by atoms with Crippen molar-refractivity contribution in [3.05, 3.63) is 42.7 Å². The van der Waals surface area contributed by atoms with E-state index in [0.717, 1.165) is 47.1 Å². The first-order chi connectivity index (χ1) is 11.3. The normalized spacial score (nSPS) is 24.0. The maximum atomic E-state index is 5.38. The molecule has 3 aromatic rings. The molecule has 4 heterocycles. The Bertz CT molecular complexity index is 857. The summed E-state index contributed by atoms with van der Waals surface area (Å²) in [7, 11) is 2.20. The molecule has 2 aliphatic rings. The van der Waals surface area contributed by atoms with Gasteiger partial charge in [0.1, 0.15) is 5.58 Å². The molecule has 0 bridgehead atoms. The van der Waals surface area contributed by atoms with Crippen LogP contribution in [0.5, 0.6) is 0 Å². The number of benzene rings is 1. The highest BCUT2D eigenvalue weighted by Gasteiger charge is 2.43. The van der Waals surface area contributed by atoms with Crippen LogP contribution >= 0.6 is 0 Å². The molecule has 23 heavy (non-hydrogen) atoms. The average molecular weight is 306 g/mol. The summed E-state index contributed by atoms with van der Waals surface area (Å²) in [4.78, 5) is 4.78. The zero-order valence-corrected chi connectivity index (χ0v) is 13.0. The molecule has 0 N–H and O–H groups in total. The van der Waals surface area contributed by atoms with Gasteiger partial charge in [-0.15, -0.1) is 10.2 Å². The SMILES string of the molecule is CN1C[C@H]2CN(c3ccc(-c4ccc5occc5c4)nn3)C[C@H]21. The fourth-order valence-corrected chi connectivity index (χ4v) is 3.86. The van der Waals surface area contributed by atoms with Crippen molar-refractivity contribution in [3.63, 3.8) is 0 Å². The molecule has 2 aromatic heterocycles. The largest absolute Gasteiger partial charge is 0.464 e. The first-order valence-electron chi connectivity index (χ1n) is 8.04. The van der Waals surface area contributed by atoms with E-state index in [4.69, 9.17) is 4.42 Å². The highest BCUT2D eigenvalue weighted by Crippen LogP contribution is 2.33. The van der Waals surface area contributed by atoms with E-state index >= 15 is 0 Å². The maximum absolute atomic E-state index is 5.38. The van der Waals surface area contributed by atoms with Crippen LogP contribution in [0, 0.1) is 5.92 Å². The molecule has 1 aromatic carbocycles. The van der Waals surface area contributed by atoms with E-state index in [-0.39, 0.29) is 0 Å². The van der Waals surface area contributed by atoms with Gasteiger partial charge < -0.3 is 14.2 Å². The Balaban J connectivity index is 1.41. The summed E-state index contributed by atoms with van der Waals surface area (Å²) >= 11 is 0. The minimum absolute atomic E-state index is 0.694. The van der Waals surface area contributed by atoms with Crippen LogP contribution in [-0.2, 0) is 0 Å². The van der Waals surface area contributed by atoms with Crippen LogP contribution in [0.15, 0.2) is 47.1 Å². The quantitative estimate of drug-likeness (QED) is 0.728. The van der Waals surface area contributed by atoms with Crippen molar-refractivity contribution in [1.29, 1.82) is 0 Å². The summed E-state index contributed by atoms with van der Waals surface area (Å²) in [5.41, 5.74) is 2.87. The van der Waals surface area contributed by atoms with Crippen LogP contribution < -0.4 is 4.90 Å². The van der Waals surface area contributed by atoms with Crippen molar-refractivity contribution in [2.45, 2.75) is 6.04 Å². The first-order valence-corrected chi connectivity index (χ1v) is 8.04. The molecule has 5 heteroatoms. The minimum Gasteiger partial charge on any atom is -0.464 e. The van der Waals surface area contributed by atoms with Crippen molar-refractivity contribution in [2.24, 2.45) is 5.92 Å². The van der Waals surface area contributed by atoms with E-state index in [1.54, 1.807) is 6.26 Å². The van der Waals surface area contributed by atoms with Crippen LogP contribution in [0.2, 0.25) is 0 Å². The minimum atomic E-state index is 0.694. The van der Waals surface area contributed by atoms with E-state index in [1.165, 1.54) is 6.54 Å². The van der Waals surface area contributed by atoms with Gasteiger partial charge in [0.25, 0.3) is 0 Å². The first kappa shape index (κ1) is 13.1. The molecule has 0 saturated carbocycles. The zero-order chi connectivity index (χ0) is 15.4. The second-order valence-corrected chi connectivity index (χ2v) is 6.62. The summed E-state index contributed by atoms with van der Waals surface area (Å²) in [5, 5.41) is 9.99. The molecule has 116 valence electrons. The maximum Gasteiger partial charge on any atom is 0.151 e. The molecule has 0 aliphatic carbocycles. The van der Waals surface area contributed by atoms with Gasteiger partial charge in [0.2, 0.25) is 0 Å². The Labute approximate surface area is 134 Å². The zero-order valence-electron chi connectivity index (χ0n) is 13.0. The number of likely N-dealkylation sites (N-methyl/N-ethyl adjacent to an activating group) is 1. The van der Waals surface area contributed by atoms with Gasteiger partial charge in [0, 0.05) is 42.5 Å². The second kappa shape index (κ2) is 4.80. The standard InChI is InChI=1S/C18H18N4O/c1-21-9-14-10-22(11-16(14)21)18-5-3-15(19-20-18)12-2-4-17-13(8-12)6-7-23-17/h2-8,14,16H,9-11H2,1H3/t14-,16+/m0/s1. The number of furan rings is 1. The van der Waals surface area contributed by atoms with Crippen molar-refractivity contribution in [2.75, 3.05) is 31.6 Å². The monoisotopic (exact) mass is 306 g/mol. The summed E-state index contributed by atoms with van der Waals surface area (Å²) < 4.78 is 5.38. The molecule has 5 rings (SSSR count). The Kier molecular flexibility index (Phi) is 2.73. The topological polar surface area (TPSA) is 45.4 Å². The third kappa shape index (κ3) is 2.04. The number of fused-ring (bicyclic) bond motifs is 2. The van der Waals surface area contributed by atoms with Crippen molar-refractivity contribution >= 4 is 16.8 Å². The number of anilines is 1. The molecule has 0 unspecified atom stereocenters. The van der Waals surface area contributed by atoms with E-state index < -0.39 is 0 Å². The van der Waals surface area contributed by atoms with Crippen LogP contribution in [0.25, 0.3) is 22.2 Å². The predicted molar refractivity (Wildman–Crippen MR) is 89.4 cm³/mol. The summed E-state index contributed by atoms with van der Waals surface area (Å²) in [6.45, 7) is 3.37. The van der Waals surface area contributed by atoms with E-state index in [0.29, 0.717) is 6.04 Å². The number of hydrogen-bond acceptors (Lipinski definition) is 5. The van der Waals surface area contributed by atoms with Gasteiger partial charge in [-0.1, -0.05) is 0 Å². The number of aromatic nitrogens is 2. The third-order valence-corrected chi connectivity index (χ3v) is 5.22. The van der Waals surface area contributed by atoms with E-state index in [2.05, 4.69) is 45.2 Å². The van der Waals surface area contributed by atoms with Gasteiger partial charge in [-0.2, -0.15) is 0 Å². The lowest BCUT2D eigenvalue weighted by atomic mass is 9.93. The molecule has 0 radical (unpaired) electrons. The highest BCUT2D eigenvalue weighted by atomic mass is 16.3. The number of nitrogens with zero attached hydrogens (tertiary/aromatic N) is 4. The Morgan fingerprint density at radius 3 is 2.78 bits per heavy atom. The number of rotatable bonds is 2. The smallest absolute Gasteiger partial charge is 0.151 e. The van der Waals surface area contributed by atoms with Crippen LogP contribution in [0.3, 0.4) is 0 Å². The van der Waals surface area contributed by atoms with Crippen molar-refractivity contribution in [1.82, 2.24) is 15.1 Å². The Morgan fingerprint density at radius 2 is 2.00 bits per heavy atom. The summed E-state index contributed by atoms with van der Waals surface area (Å²) in [6.07, 6.45) is 1.71. The van der Waals surface area contributed by atoms with Gasteiger partial charge in [0.05, 0.1) is 12.0 Å². The van der Waals surface area contributed by atoms with Gasteiger partial charge >= 0.3 is 0 Å². The molecule has 0 spiro atoms. The average Bonchev–Trinajstić information content (AvgIpc) is 3.18.